The predicted octanol–water partition coefficient (Wildman–Crippen LogP) is 3.70. The van der Waals surface area contributed by atoms with E-state index in [0.717, 1.165) is 17.0 Å². The highest BCUT2D eigenvalue weighted by molar-refractivity contribution is 7.98. The van der Waals surface area contributed by atoms with Crippen molar-refractivity contribution in [2.24, 2.45) is 0 Å². The lowest BCUT2D eigenvalue weighted by Crippen LogP contribution is -2.24. The normalized spacial score (nSPS) is 11.9. The van der Waals surface area contributed by atoms with Gasteiger partial charge in [-0.15, -0.1) is 0 Å². The number of rotatable bonds is 7. The Morgan fingerprint density at radius 2 is 1.73 bits per heavy atom. The highest BCUT2D eigenvalue weighted by Crippen LogP contribution is 2.17. The molecule has 0 fully saturated rings. The molecule has 1 heterocycles. The van der Waals surface area contributed by atoms with Gasteiger partial charge < -0.3 is 4.74 Å². The molecule has 0 aliphatic rings. The van der Waals surface area contributed by atoms with Crippen LogP contribution in [0.2, 0.25) is 0 Å². The third-order valence-electron chi connectivity index (χ3n) is 3.97. The highest BCUT2D eigenvalue weighted by atomic mass is 32.2. The molecule has 1 aromatic heterocycles. The van der Waals surface area contributed by atoms with Crippen LogP contribution in [-0.4, -0.2) is 34.1 Å². The average molecular weight is 376 g/mol. The monoisotopic (exact) mass is 376 g/mol. The Labute approximate surface area is 156 Å². The number of nitrogens with zero attached hydrogens (tertiary/aromatic N) is 2. The maximum Gasteiger partial charge on any atom is 0.306 e. The van der Waals surface area contributed by atoms with Gasteiger partial charge >= 0.3 is 5.97 Å². The quantitative estimate of drug-likeness (QED) is 0.318. The molecule has 0 N–H and O–H groups in total. The van der Waals surface area contributed by atoms with Crippen molar-refractivity contribution >= 4 is 23.5 Å². The molecule has 5 nitrogen and oxygen atoms in total. The Balaban J connectivity index is 1.94. The third-order valence-corrected chi connectivity index (χ3v) is 4.52. The fourth-order valence-electron chi connectivity index (χ4n) is 2.55. The van der Waals surface area contributed by atoms with Gasteiger partial charge in [0.2, 0.25) is 5.78 Å². The van der Waals surface area contributed by atoms with Gasteiger partial charge in [-0.25, -0.2) is 14.4 Å². The Hall–Kier alpha value is -2.28. The molecule has 0 spiro atoms. The summed E-state index contributed by atoms with van der Waals surface area (Å²) >= 11 is 1.47. The summed E-state index contributed by atoms with van der Waals surface area (Å²) in [4.78, 5) is 33.1. The summed E-state index contributed by atoms with van der Waals surface area (Å²) in [5, 5.41) is 0.699. The SMILES string of the molecule is CSc1nc(C)c(CCC(=O)OC(C)C(=O)c2ccc(F)cc2)c(C)n1. The van der Waals surface area contributed by atoms with Crippen molar-refractivity contribution in [1.29, 1.82) is 0 Å². The number of hydrogen-bond acceptors (Lipinski definition) is 6. The summed E-state index contributed by atoms with van der Waals surface area (Å²) in [7, 11) is 0. The van der Waals surface area contributed by atoms with E-state index in [9.17, 15) is 14.0 Å². The lowest BCUT2D eigenvalue weighted by atomic mass is 10.1. The number of ether oxygens (including phenoxy) is 1. The van der Waals surface area contributed by atoms with Crippen molar-refractivity contribution in [2.45, 2.75) is 44.9 Å². The van der Waals surface area contributed by atoms with E-state index in [1.165, 1.54) is 43.0 Å². The van der Waals surface area contributed by atoms with Crippen molar-refractivity contribution in [2.75, 3.05) is 6.26 Å². The fourth-order valence-corrected chi connectivity index (χ4v) is 3.00. The van der Waals surface area contributed by atoms with Gasteiger partial charge in [0.05, 0.1) is 0 Å². The van der Waals surface area contributed by atoms with Crippen LogP contribution in [0.4, 0.5) is 4.39 Å². The standard InChI is InChI=1S/C19H21FN2O3S/c1-11-16(12(2)22-19(21-11)26-4)9-10-17(23)25-13(3)18(24)14-5-7-15(20)8-6-14/h5-8,13H,9-10H2,1-4H3. The third kappa shape index (κ3) is 5.11. The first kappa shape index (κ1) is 20.0. The molecule has 0 saturated carbocycles. The molecule has 0 aliphatic carbocycles. The van der Waals surface area contributed by atoms with E-state index in [1.807, 2.05) is 20.1 Å². The van der Waals surface area contributed by atoms with E-state index in [1.54, 1.807) is 0 Å². The number of aryl methyl sites for hydroxylation is 2. The summed E-state index contributed by atoms with van der Waals surface area (Å²) in [6, 6.07) is 5.15. The predicted molar refractivity (Wildman–Crippen MR) is 97.9 cm³/mol. The zero-order valence-corrected chi connectivity index (χ0v) is 16.0. The molecule has 138 valence electrons. The van der Waals surface area contributed by atoms with Crippen LogP contribution in [-0.2, 0) is 16.0 Å². The number of ketones is 1. The van der Waals surface area contributed by atoms with Crippen molar-refractivity contribution in [3.8, 4) is 0 Å². The van der Waals surface area contributed by atoms with Crippen LogP contribution in [0.25, 0.3) is 0 Å². The van der Waals surface area contributed by atoms with E-state index >= 15 is 0 Å². The van der Waals surface area contributed by atoms with Crippen LogP contribution in [0.15, 0.2) is 29.4 Å². The summed E-state index contributed by atoms with van der Waals surface area (Å²) in [5.74, 6) is -1.26. The topological polar surface area (TPSA) is 69.2 Å². The smallest absolute Gasteiger partial charge is 0.306 e. The first-order chi connectivity index (χ1) is 12.3. The molecule has 0 amide bonds. The summed E-state index contributed by atoms with van der Waals surface area (Å²) in [6.45, 7) is 5.28. The van der Waals surface area contributed by atoms with Gasteiger partial charge in [-0.05, 0) is 63.3 Å². The number of hydrogen-bond donors (Lipinski definition) is 0. The van der Waals surface area contributed by atoms with Gasteiger partial charge in [-0.1, -0.05) is 11.8 Å². The fraction of sp³-hybridized carbons (Fsp3) is 0.368. The van der Waals surface area contributed by atoms with E-state index < -0.39 is 17.9 Å². The zero-order chi connectivity index (χ0) is 19.3. The largest absolute Gasteiger partial charge is 0.454 e. The van der Waals surface area contributed by atoms with E-state index in [-0.39, 0.29) is 12.2 Å². The number of thioether (sulfide) groups is 1. The minimum absolute atomic E-state index is 0.130. The molecular formula is C19H21FN2O3S. The number of halogens is 1. The first-order valence-corrected chi connectivity index (χ1v) is 9.41. The maximum absolute atomic E-state index is 12.9. The van der Waals surface area contributed by atoms with Crippen molar-refractivity contribution in [1.82, 2.24) is 9.97 Å². The molecule has 1 unspecified atom stereocenters. The van der Waals surface area contributed by atoms with Crippen molar-refractivity contribution in [3.05, 3.63) is 52.6 Å². The van der Waals surface area contributed by atoms with Crippen LogP contribution in [0.5, 0.6) is 0 Å². The molecular weight excluding hydrogens is 355 g/mol. The zero-order valence-electron chi connectivity index (χ0n) is 15.2. The Morgan fingerprint density at radius 1 is 1.15 bits per heavy atom. The Kier molecular flexibility index (Phi) is 6.85. The van der Waals surface area contributed by atoms with Gasteiger partial charge in [0, 0.05) is 23.4 Å². The minimum Gasteiger partial charge on any atom is -0.454 e. The second-order valence-electron chi connectivity index (χ2n) is 5.86. The second-order valence-corrected chi connectivity index (χ2v) is 6.64. The van der Waals surface area contributed by atoms with Crippen LogP contribution in [0.1, 0.15) is 40.7 Å². The van der Waals surface area contributed by atoms with Crippen molar-refractivity contribution in [3.63, 3.8) is 0 Å². The molecule has 1 aromatic carbocycles. The number of aromatic nitrogens is 2. The van der Waals surface area contributed by atoms with Crippen LogP contribution in [0.3, 0.4) is 0 Å². The highest BCUT2D eigenvalue weighted by Gasteiger charge is 2.20. The van der Waals surface area contributed by atoms with Gasteiger partial charge in [0.15, 0.2) is 11.3 Å². The Bertz CT molecular complexity index is 786. The van der Waals surface area contributed by atoms with Crippen LogP contribution in [0, 0.1) is 19.7 Å². The molecule has 0 bridgehead atoms. The lowest BCUT2D eigenvalue weighted by Gasteiger charge is -2.13. The number of benzene rings is 1. The van der Waals surface area contributed by atoms with Crippen LogP contribution < -0.4 is 0 Å². The molecule has 0 aliphatic heterocycles. The summed E-state index contributed by atoms with van der Waals surface area (Å²) in [5.41, 5.74) is 2.90. The van der Waals surface area contributed by atoms with Crippen molar-refractivity contribution < 1.29 is 18.7 Å². The van der Waals surface area contributed by atoms with Crippen LogP contribution >= 0.6 is 11.8 Å². The van der Waals surface area contributed by atoms with Gasteiger partial charge in [-0.3, -0.25) is 9.59 Å². The van der Waals surface area contributed by atoms with Gasteiger partial charge in [0.25, 0.3) is 0 Å². The number of Topliss-reactive ketones (excluding diaryl/α,β-unsaturated/α-hetero) is 1. The molecule has 0 saturated heterocycles. The van der Waals surface area contributed by atoms with E-state index in [4.69, 9.17) is 4.74 Å². The van der Waals surface area contributed by atoms with Gasteiger partial charge in [-0.2, -0.15) is 0 Å². The van der Waals surface area contributed by atoms with E-state index in [0.29, 0.717) is 17.1 Å². The first-order valence-electron chi connectivity index (χ1n) is 8.19. The average Bonchev–Trinajstić information content (AvgIpc) is 2.60. The second kappa shape index (κ2) is 8.89. The molecule has 0 radical (unpaired) electrons. The molecule has 1 atom stereocenters. The minimum atomic E-state index is -0.926. The number of carbonyl (C=O) groups excluding carboxylic acids is 2. The Morgan fingerprint density at radius 3 is 2.27 bits per heavy atom. The number of carbonyl (C=O) groups is 2. The van der Waals surface area contributed by atoms with E-state index in [2.05, 4.69) is 9.97 Å². The molecule has 2 aromatic rings. The van der Waals surface area contributed by atoms with Gasteiger partial charge in [0.1, 0.15) is 5.82 Å². The maximum atomic E-state index is 12.9. The molecule has 26 heavy (non-hydrogen) atoms. The summed E-state index contributed by atoms with van der Waals surface area (Å²) in [6.07, 6.45) is 1.56. The lowest BCUT2D eigenvalue weighted by molar-refractivity contribution is -0.146. The summed E-state index contributed by atoms with van der Waals surface area (Å²) < 4.78 is 18.1. The molecule has 7 heteroatoms. The number of esters is 1. The molecule has 2 rings (SSSR count).